The zero-order chi connectivity index (χ0) is 7.56. The second kappa shape index (κ2) is 3.18. The van der Waals surface area contributed by atoms with Gasteiger partial charge in [-0.2, -0.15) is 0 Å². The topological polar surface area (TPSA) is 17.1 Å². The summed E-state index contributed by atoms with van der Waals surface area (Å²) in [7, 11) is 0. The van der Waals surface area contributed by atoms with Gasteiger partial charge in [-0.1, -0.05) is 20.3 Å². The maximum atomic E-state index is 10.9. The maximum Gasteiger partial charge on any atom is 0.133 e. The van der Waals surface area contributed by atoms with E-state index in [1.807, 2.05) is 0 Å². The van der Waals surface area contributed by atoms with Crippen LogP contribution in [0, 0.1) is 11.8 Å². The average molecular weight is 140 g/mol. The number of ketones is 1. The Morgan fingerprint density at radius 2 is 2.40 bits per heavy atom. The van der Waals surface area contributed by atoms with Crippen LogP contribution in [-0.4, -0.2) is 5.78 Å². The molecule has 0 aromatic rings. The van der Waals surface area contributed by atoms with Gasteiger partial charge in [-0.05, 0) is 18.3 Å². The first-order valence-electron chi connectivity index (χ1n) is 4.25. The fraction of sp³-hybridized carbons (Fsp3) is 0.889. The molecule has 0 aromatic heterocycles. The van der Waals surface area contributed by atoms with E-state index >= 15 is 0 Å². The maximum absolute atomic E-state index is 10.9. The first-order chi connectivity index (χ1) is 4.74. The smallest absolute Gasteiger partial charge is 0.133 e. The average Bonchev–Trinajstić information content (AvgIpc) is 2.34. The van der Waals surface area contributed by atoms with E-state index in [-0.39, 0.29) is 0 Å². The summed E-state index contributed by atoms with van der Waals surface area (Å²) >= 11 is 0. The third-order valence-corrected chi connectivity index (χ3v) is 2.73. The molecule has 1 nitrogen and oxygen atoms in total. The van der Waals surface area contributed by atoms with E-state index in [1.165, 1.54) is 6.42 Å². The first-order valence-corrected chi connectivity index (χ1v) is 4.25. The Morgan fingerprint density at radius 3 is 2.80 bits per heavy atom. The highest BCUT2D eigenvalue weighted by atomic mass is 16.1. The van der Waals surface area contributed by atoms with E-state index in [0.29, 0.717) is 11.7 Å². The third kappa shape index (κ3) is 1.59. The number of carbonyl (C=O) groups is 1. The number of Topliss-reactive ketones (excluding diaryl/α,β-unsaturated/α-hetero) is 1. The molecule has 1 fully saturated rings. The van der Waals surface area contributed by atoms with E-state index in [9.17, 15) is 4.79 Å². The molecule has 1 aliphatic carbocycles. The zero-order valence-corrected chi connectivity index (χ0v) is 6.89. The zero-order valence-electron chi connectivity index (χ0n) is 6.89. The Labute approximate surface area is 62.8 Å². The van der Waals surface area contributed by atoms with Gasteiger partial charge in [-0.25, -0.2) is 0 Å². The SMILES string of the molecule is CC[C@H](C)[C@H]1CCC(=O)C1. The minimum absolute atomic E-state index is 0.477. The van der Waals surface area contributed by atoms with E-state index in [1.54, 1.807) is 0 Å². The lowest BCUT2D eigenvalue weighted by Gasteiger charge is -2.14. The van der Waals surface area contributed by atoms with Crippen molar-refractivity contribution in [1.82, 2.24) is 0 Å². The molecule has 0 radical (unpaired) electrons. The fourth-order valence-corrected chi connectivity index (χ4v) is 1.66. The van der Waals surface area contributed by atoms with E-state index < -0.39 is 0 Å². The molecule has 1 rings (SSSR count). The second-order valence-corrected chi connectivity index (χ2v) is 3.43. The molecule has 1 heteroatoms. The van der Waals surface area contributed by atoms with Crippen molar-refractivity contribution in [1.29, 1.82) is 0 Å². The van der Waals surface area contributed by atoms with Gasteiger partial charge in [0.2, 0.25) is 0 Å². The van der Waals surface area contributed by atoms with Crippen molar-refractivity contribution < 1.29 is 4.79 Å². The molecule has 0 saturated heterocycles. The Balaban J connectivity index is 2.36. The molecule has 0 N–H and O–H groups in total. The van der Waals surface area contributed by atoms with E-state index in [0.717, 1.165) is 25.2 Å². The summed E-state index contributed by atoms with van der Waals surface area (Å²) < 4.78 is 0. The van der Waals surface area contributed by atoms with Gasteiger partial charge in [0.1, 0.15) is 5.78 Å². The molecule has 0 spiro atoms. The minimum Gasteiger partial charge on any atom is -0.300 e. The van der Waals surface area contributed by atoms with Gasteiger partial charge in [0, 0.05) is 12.8 Å². The van der Waals surface area contributed by atoms with Gasteiger partial charge < -0.3 is 0 Å². The van der Waals surface area contributed by atoms with Crippen LogP contribution in [-0.2, 0) is 4.79 Å². The molecule has 0 bridgehead atoms. The van der Waals surface area contributed by atoms with Gasteiger partial charge in [-0.15, -0.1) is 0 Å². The predicted molar refractivity (Wildman–Crippen MR) is 41.8 cm³/mol. The van der Waals surface area contributed by atoms with Gasteiger partial charge >= 0.3 is 0 Å². The predicted octanol–water partition coefficient (Wildman–Crippen LogP) is 2.40. The Kier molecular flexibility index (Phi) is 2.47. The van der Waals surface area contributed by atoms with Crippen molar-refractivity contribution >= 4 is 5.78 Å². The molecule has 0 aliphatic heterocycles. The number of rotatable bonds is 2. The third-order valence-electron chi connectivity index (χ3n) is 2.73. The minimum atomic E-state index is 0.477. The summed E-state index contributed by atoms with van der Waals surface area (Å²) in [5.74, 6) is 1.94. The highest BCUT2D eigenvalue weighted by molar-refractivity contribution is 5.80. The molecule has 0 aromatic carbocycles. The highest BCUT2D eigenvalue weighted by Crippen LogP contribution is 2.30. The van der Waals surface area contributed by atoms with Gasteiger partial charge in [0.15, 0.2) is 0 Å². The molecule has 0 amide bonds. The molecular weight excluding hydrogens is 124 g/mol. The van der Waals surface area contributed by atoms with Gasteiger partial charge in [0.05, 0.1) is 0 Å². The summed E-state index contributed by atoms with van der Waals surface area (Å²) in [6, 6.07) is 0. The van der Waals surface area contributed by atoms with Crippen molar-refractivity contribution in [3.05, 3.63) is 0 Å². The summed E-state index contributed by atoms with van der Waals surface area (Å²) in [5, 5.41) is 0. The van der Waals surface area contributed by atoms with Crippen LogP contribution in [0.2, 0.25) is 0 Å². The number of carbonyl (C=O) groups excluding carboxylic acids is 1. The Bertz CT molecular complexity index is 129. The van der Waals surface area contributed by atoms with Crippen molar-refractivity contribution in [2.75, 3.05) is 0 Å². The molecule has 58 valence electrons. The van der Waals surface area contributed by atoms with Crippen LogP contribution >= 0.6 is 0 Å². The van der Waals surface area contributed by atoms with Crippen LogP contribution < -0.4 is 0 Å². The Hall–Kier alpha value is -0.330. The number of hydrogen-bond acceptors (Lipinski definition) is 1. The first kappa shape index (κ1) is 7.77. The number of hydrogen-bond donors (Lipinski definition) is 0. The summed E-state index contributed by atoms with van der Waals surface area (Å²) in [6.45, 7) is 4.46. The highest BCUT2D eigenvalue weighted by Gasteiger charge is 2.25. The van der Waals surface area contributed by atoms with Crippen LogP contribution in [0.5, 0.6) is 0 Å². The molecule has 1 aliphatic rings. The summed E-state index contributed by atoms with van der Waals surface area (Å²) in [5.41, 5.74) is 0. The molecule has 0 unspecified atom stereocenters. The van der Waals surface area contributed by atoms with E-state index in [2.05, 4.69) is 13.8 Å². The molecular formula is C9H16O. The summed E-state index contributed by atoms with van der Waals surface area (Å²) in [4.78, 5) is 10.9. The van der Waals surface area contributed by atoms with Crippen LogP contribution in [0.15, 0.2) is 0 Å². The molecule has 0 heterocycles. The molecule has 10 heavy (non-hydrogen) atoms. The largest absolute Gasteiger partial charge is 0.300 e. The molecule has 1 saturated carbocycles. The van der Waals surface area contributed by atoms with Gasteiger partial charge in [0.25, 0.3) is 0 Å². The lowest BCUT2D eigenvalue weighted by molar-refractivity contribution is -0.117. The lowest BCUT2D eigenvalue weighted by atomic mass is 9.91. The van der Waals surface area contributed by atoms with Crippen molar-refractivity contribution in [3.63, 3.8) is 0 Å². The standard InChI is InChI=1S/C9H16O/c1-3-7(2)8-4-5-9(10)6-8/h7-8H,3-6H2,1-2H3/t7-,8-/m0/s1. The monoisotopic (exact) mass is 140 g/mol. The van der Waals surface area contributed by atoms with Gasteiger partial charge in [-0.3, -0.25) is 4.79 Å². The molecule has 2 atom stereocenters. The van der Waals surface area contributed by atoms with Crippen molar-refractivity contribution in [2.24, 2.45) is 11.8 Å². The van der Waals surface area contributed by atoms with Crippen LogP contribution in [0.25, 0.3) is 0 Å². The van der Waals surface area contributed by atoms with Crippen LogP contribution in [0.4, 0.5) is 0 Å². The van der Waals surface area contributed by atoms with Crippen LogP contribution in [0.1, 0.15) is 39.5 Å². The lowest BCUT2D eigenvalue weighted by Crippen LogP contribution is -2.06. The fourth-order valence-electron chi connectivity index (χ4n) is 1.66. The van der Waals surface area contributed by atoms with Crippen molar-refractivity contribution in [2.45, 2.75) is 39.5 Å². The Morgan fingerprint density at radius 1 is 1.70 bits per heavy atom. The quantitative estimate of drug-likeness (QED) is 0.575. The second-order valence-electron chi connectivity index (χ2n) is 3.43. The van der Waals surface area contributed by atoms with Crippen molar-refractivity contribution in [3.8, 4) is 0 Å². The summed E-state index contributed by atoms with van der Waals surface area (Å²) in [6.07, 6.45) is 4.07. The normalized spacial score (nSPS) is 29.0. The van der Waals surface area contributed by atoms with E-state index in [4.69, 9.17) is 0 Å². The van der Waals surface area contributed by atoms with Crippen LogP contribution in [0.3, 0.4) is 0 Å².